The van der Waals surface area contributed by atoms with E-state index in [0.717, 1.165) is 5.92 Å². The normalized spacial score (nSPS) is 18.9. The molecule has 1 aliphatic heterocycles. The molecule has 0 aromatic rings. The number of rotatable bonds is 1. The third-order valence-electron chi connectivity index (χ3n) is 1.45. The van der Waals surface area contributed by atoms with Crippen LogP contribution in [0.2, 0.25) is 0 Å². The Hall–Kier alpha value is -0.330. The van der Waals surface area contributed by atoms with Crippen LogP contribution in [0.5, 0.6) is 0 Å². The van der Waals surface area contributed by atoms with Gasteiger partial charge in [-0.1, -0.05) is 13.8 Å². The van der Waals surface area contributed by atoms with Gasteiger partial charge in [0, 0.05) is 5.92 Å². The molecule has 1 rings (SSSR count). The molecule has 0 spiro atoms. The summed E-state index contributed by atoms with van der Waals surface area (Å²) in [7, 11) is 2.13. The first-order valence-electron chi connectivity index (χ1n) is 2.78. The Balaban J connectivity index is 2.45. The van der Waals surface area contributed by atoms with Gasteiger partial charge in [-0.05, 0) is 0 Å². The third kappa shape index (κ3) is 0.817. The molecule has 1 nitrogen and oxygen atoms in total. The van der Waals surface area contributed by atoms with Crippen LogP contribution in [0.1, 0.15) is 13.8 Å². The molecule has 0 saturated carbocycles. The van der Waals surface area contributed by atoms with Gasteiger partial charge in [0.1, 0.15) is 7.05 Å². The minimum Gasteiger partial charge on any atom is -0.224 e. The van der Waals surface area contributed by atoms with Crippen molar-refractivity contribution in [2.75, 3.05) is 13.6 Å². The van der Waals surface area contributed by atoms with Gasteiger partial charge in [0.25, 0.3) is 0 Å². The lowest BCUT2D eigenvalue weighted by Gasteiger charge is -1.80. The molecule has 0 fully saturated rings. The Morgan fingerprint density at radius 1 is 1.57 bits per heavy atom. The molecule has 0 N–H and O–H groups in total. The predicted octanol–water partition coefficient (Wildman–Crippen LogP) is 0.739. The summed E-state index contributed by atoms with van der Waals surface area (Å²) in [5, 5.41) is 0. The van der Waals surface area contributed by atoms with Gasteiger partial charge >= 0.3 is 0 Å². The first-order valence-corrected chi connectivity index (χ1v) is 2.78. The fourth-order valence-corrected chi connectivity index (χ4v) is 0.831. The molecule has 0 amide bonds. The van der Waals surface area contributed by atoms with Gasteiger partial charge in [-0.15, -0.1) is 0 Å². The van der Waals surface area contributed by atoms with Crippen molar-refractivity contribution in [1.82, 2.24) is 0 Å². The van der Waals surface area contributed by atoms with E-state index in [-0.39, 0.29) is 0 Å². The summed E-state index contributed by atoms with van der Waals surface area (Å²) in [5.41, 5.74) is 1.60. The second-order valence-corrected chi connectivity index (χ2v) is 2.50. The Labute approximate surface area is 44.7 Å². The van der Waals surface area contributed by atoms with Crippen LogP contribution >= 0.6 is 0 Å². The summed E-state index contributed by atoms with van der Waals surface area (Å²) in [6.45, 7) is 5.70. The lowest BCUT2D eigenvalue weighted by atomic mass is 10.2. The van der Waals surface area contributed by atoms with Crippen molar-refractivity contribution < 1.29 is 4.58 Å². The second-order valence-electron chi connectivity index (χ2n) is 2.50. The minimum atomic E-state index is 0.782. The van der Waals surface area contributed by atoms with E-state index in [2.05, 4.69) is 25.5 Å². The fourth-order valence-electron chi connectivity index (χ4n) is 0.831. The maximum atomic E-state index is 2.28. The van der Waals surface area contributed by atoms with Crippen LogP contribution in [0.25, 0.3) is 0 Å². The average Bonchev–Trinajstić information content (AvgIpc) is 2.17. The van der Waals surface area contributed by atoms with Crippen LogP contribution in [-0.2, 0) is 0 Å². The zero-order chi connectivity index (χ0) is 5.44. The number of hydrogen-bond acceptors (Lipinski definition) is 0. The number of nitrogens with zero attached hydrogens (tertiary/aromatic N) is 1. The Morgan fingerprint density at radius 3 is 2.00 bits per heavy atom. The van der Waals surface area contributed by atoms with E-state index in [4.69, 9.17) is 0 Å². The zero-order valence-electron chi connectivity index (χ0n) is 5.23. The van der Waals surface area contributed by atoms with Gasteiger partial charge in [-0.2, -0.15) is 0 Å². The highest BCUT2D eigenvalue weighted by Gasteiger charge is 2.30. The van der Waals surface area contributed by atoms with Crippen molar-refractivity contribution in [3.8, 4) is 0 Å². The van der Waals surface area contributed by atoms with Crippen LogP contribution in [0.4, 0.5) is 0 Å². The predicted molar refractivity (Wildman–Crippen MR) is 30.9 cm³/mol. The molecule has 0 saturated heterocycles. The lowest BCUT2D eigenvalue weighted by Crippen LogP contribution is -1.93. The quantitative estimate of drug-likeness (QED) is 0.425. The number of hydrogen-bond donors (Lipinski definition) is 0. The zero-order valence-corrected chi connectivity index (χ0v) is 5.23. The highest BCUT2D eigenvalue weighted by atomic mass is 15.1. The summed E-state index contributed by atoms with van der Waals surface area (Å²) < 4.78 is 2.28. The Bertz CT molecular complexity index is 111. The van der Waals surface area contributed by atoms with E-state index < -0.39 is 0 Å². The molecule has 1 heterocycles. The van der Waals surface area contributed by atoms with Crippen molar-refractivity contribution in [2.24, 2.45) is 5.92 Å². The molecule has 1 heteroatoms. The van der Waals surface area contributed by atoms with Crippen molar-refractivity contribution in [3.63, 3.8) is 0 Å². The molecular formula is C6H12N+. The highest BCUT2D eigenvalue weighted by Crippen LogP contribution is 2.05. The monoisotopic (exact) mass is 98.1 g/mol. The van der Waals surface area contributed by atoms with Crippen LogP contribution in [0, 0.1) is 5.92 Å². The van der Waals surface area contributed by atoms with Crippen LogP contribution in [0.15, 0.2) is 0 Å². The topological polar surface area (TPSA) is 3.01 Å². The van der Waals surface area contributed by atoms with Crippen LogP contribution < -0.4 is 0 Å². The molecule has 0 radical (unpaired) electrons. The minimum absolute atomic E-state index is 0.782. The SMILES string of the molecule is CC(C)C1=[N+](C)C1. The molecule has 1 aliphatic rings. The van der Waals surface area contributed by atoms with Crippen molar-refractivity contribution in [2.45, 2.75) is 13.8 Å². The molecule has 0 aliphatic carbocycles. The molecule has 0 unspecified atom stereocenters. The average molecular weight is 98.2 g/mol. The van der Waals surface area contributed by atoms with Gasteiger partial charge in [0.05, 0.1) is 0 Å². The maximum Gasteiger partial charge on any atom is 0.221 e. The summed E-state index contributed by atoms with van der Waals surface area (Å²) in [6.07, 6.45) is 0. The van der Waals surface area contributed by atoms with Crippen molar-refractivity contribution >= 4 is 5.71 Å². The van der Waals surface area contributed by atoms with Gasteiger partial charge in [-0.3, -0.25) is 0 Å². The Kier molecular flexibility index (Phi) is 0.911. The van der Waals surface area contributed by atoms with Crippen molar-refractivity contribution in [1.29, 1.82) is 0 Å². The van der Waals surface area contributed by atoms with E-state index in [0.29, 0.717) is 0 Å². The molecule has 0 bridgehead atoms. The molecular weight excluding hydrogens is 86.1 g/mol. The largest absolute Gasteiger partial charge is 0.224 e. The maximum absolute atomic E-state index is 2.28. The smallest absolute Gasteiger partial charge is 0.221 e. The van der Waals surface area contributed by atoms with E-state index >= 15 is 0 Å². The second kappa shape index (κ2) is 1.32. The summed E-state index contributed by atoms with van der Waals surface area (Å²) in [6, 6.07) is 0. The molecule has 0 atom stereocenters. The van der Waals surface area contributed by atoms with E-state index in [9.17, 15) is 0 Å². The van der Waals surface area contributed by atoms with E-state index in [1.54, 1.807) is 5.71 Å². The highest BCUT2D eigenvalue weighted by molar-refractivity contribution is 5.89. The molecule has 7 heavy (non-hydrogen) atoms. The first-order chi connectivity index (χ1) is 3.22. The molecule has 0 aromatic heterocycles. The van der Waals surface area contributed by atoms with Gasteiger partial charge in [0.2, 0.25) is 12.3 Å². The van der Waals surface area contributed by atoms with Gasteiger partial charge in [-0.25, -0.2) is 4.58 Å². The van der Waals surface area contributed by atoms with Gasteiger partial charge in [0.15, 0.2) is 0 Å². The van der Waals surface area contributed by atoms with Crippen molar-refractivity contribution in [3.05, 3.63) is 0 Å². The van der Waals surface area contributed by atoms with Crippen LogP contribution in [0.3, 0.4) is 0 Å². The van der Waals surface area contributed by atoms with Gasteiger partial charge < -0.3 is 0 Å². The summed E-state index contributed by atoms with van der Waals surface area (Å²) in [4.78, 5) is 0. The summed E-state index contributed by atoms with van der Waals surface area (Å²) in [5.74, 6) is 0.782. The van der Waals surface area contributed by atoms with Crippen LogP contribution in [-0.4, -0.2) is 23.9 Å². The molecule has 40 valence electrons. The first kappa shape index (κ1) is 4.82. The lowest BCUT2D eigenvalue weighted by molar-refractivity contribution is -0.405. The molecule has 0 aromatic carbocycles. The fraction of sp³-hybridized carbons (Fsp3) is 0.833. The third-order valence-corrected chi connectivity index (χ3v) is 1.45. The van der Waals surface area contributed by atoms with E-state index in [1.807, 2.05) is 0 Å². The standard InChI is InChI=1S/C6H12N/c1-5(2)6-4-7(6)3/h5H,4H2,1-3H3/q+1. The Morgan fingerprint density at radius 2 is 2.00 bits per heavy atom. The van der Waals surface area contributed by atoms with E-state index in [1.165, 1.54) is 6.54 Å². The summed E-state index contributed by atoms with van der Waals surface area (Å²) >= 11 is 0.